The van der Waals surface area contributed by atoms with Gasteiger partial charge < -0.3 is 19.1 Å². The van der Waals surface area contributed by atoms with Gasteiger partial charge in [0.1, 0.15) is 6.54 Å². The summed E-state index contributed by atoms with van der Waals surface area (Å²) in [5, 5.41) is 7.22. The Morgan fingerprint density at radius 2 is 2.07 bits per heavy atom. The number of ether oxygens (including phenoxy) is 1. The number of rotatable bonds is 7. The van der Waals surface area contributed by atoms with Crippen molar-refractivity contribution in [1.29, 1.82) is 0 Å². The first-order valence-electron chi connectivity index (χ1n) is 8.23. The number of anilines is 1. The number of benzene rings is 1. The van der Waals surface area contributed by atoms with Crippen LogP contribution in [0.25, 0.3) is 11.5 Å². The second-order valence-electron chi connectivity index (χ2n) is 5.82. The first-order chi connectivity index (χ1) is 13.5. The molecule has 0 saturated heterocycles. The van der Waals surface area contributed by atoms with Gasteiger partial charge in [-0.3, -0.25) is 9.59 Å². The number of nitrogens with one attached hydrogen (secondary N) is 1. The SMILES string of the molecule is COCCc1noc(-c2ccc(=O)n(CC(=O)Nc3ccc(Cl)c(Cl)c3)c2)n1. The molecule has 0 bridgehead atoms. The number of hydrogen-bond acceptors (Lipinski definition) is 6. The highest BCUT2D eigenvalue weighted by Gasteiger charge is 2.12. The Morgan fingerprint density at radius 3 is 2.82 bits per heavy atom. The minimum Gasteiger partial charge on any atom is -0.384 e. The van der Waals surface area contributed by atoms with E-state index >= 15 is 0 Å². The maximum absolute atomic E-state index is 12.3. The summed E-state index contributed by atoms with van der Waals surface area (Å²) >= 11 is 11.8. The largest absolute Gasteiger partial charge is 0.384 e. The summed E-state index contributed by atoms with van der Waals surface area (Å²) in [6, 6.07) is 7.61. The zero-order valence-electron chi connectivity index (χ0n) is 14.8. The lowest BCUT2D eigenvalue weighted by atomic mass is 10.2. The first-order valence-corrected chi connectivity index (χ1v) is 8.99. The van der Waals surface area contributed by atoms with E-state index in [1.807, 2.05) is 0 Å². The third-order valence-electron chi connectivity index (χ3n) is 3.75. The van der Waals surface area contributed by atoms with Gasteiger partial charge in [-0.1, -0.05) is 28.4 Å². The number of hydrogen-bond donors (Lipinski definition) is 1. The molecule has 0 atom stereocenters. The van der Waals surface area contributed by atoms with E-state index < -0.39 is 5.91 Å². The predicted molar refractivity (Wildman–Crippen MR) is 105 cm³/mol. The molecule has 2 aromatic heterocycles. The molecule has 0 fully saturated rings. The molecule has 8 nitrogen and oxygen atoms in total. The van der Waals surface area contributed by atoms with Crippen molar-refractivity contribution in [2.75, 3.05) is 19.0 Å². The van der Waals surface area contributed by atoms with Crippen LogP contribution in [0.5, 0.6) is 0 Å². The molecule has 0 aliphatic carbocycles. The first kappa shape index (κ1) is 20.1. The maximum atomic E-state index is 12.3. The molecular weight excluding hydrogens is 407 g/mol. The normalized spacial score (nSPS) is 10.8. The number of carbonyl (C=O) groups excluding carboxylic acids is 1. The Morgan fingerprint density at radius 1 is 1.25 bits per heavy atom. The quantitative estimate of drug-likeness (QED) is 0.627. The minimum absolute atomic E-state index is 0.197. The molecule has 3 rings (SSSR count). The van der Waals surface area contributed by atoms with E-state index in [1.54, 1.807) is 25.3 Å². The van der Waals surface area contributed by atoms with Crippen molar-refractivity contribution in [2.24, 2.45) is 0 Å². The summed E-state index contributed by atoms with van der Waals surface area (Å²) in [5.74, 6) is 0.348. The summed E-state index contributed by atoms with van der Waals surface area (Å²) in [7, 11) is 1.58. The van der Waals surface area contributed by atoms with Gasteiger partial charge in [0.2, 0.25) is 5.91 Å². The van der Waals surface area contributed by atoms with Gasteiger partial charge in [0.25, 0.3) is 11.4 Å². The number of carbonyl (C=O) groups is 1. The highest BCUT2D eigenvalue weighted by Crippen LogP contribution is 2.25. The maximum Gasteiger partial charge on any atom is 0.259 e. The van der Waals surface area contributed by atoms with Gasteiger partial charge in [-0.25, -0.2) is 0 Å². The molecular formula is C18H16Cl2N4O4. The Bertz CT molecular complexity index is 1050. The molecule has 0 aliphatic heterocycles. The standard InChI is InChI=1S/C18H16Cl2N4O4/c1-27-7-6-15-22-18(28-23-15)11-2-5-17(26)24(9-11)10-16(25)21-12-3-4-13(19)14(20)8-12/h2-5,8-9H,6-7,10H2,1H3,(H,21,25). The molecule has 3 aromatic rings. The molecule has 0 aliphatic rings. The predicted octanol–water partition coefficient (Wildman–Crippen LogP) is 3.03. The van der Waals surface area contributed by atoms with Crippen LogP contribution in [0.2, 0.25) is 10.0 Å². The third-order valence-corrected chi connectivity index (χ3v) is 4.48. The van der Waals surface area contributed by atoms with Crippen LogP contribution in [-0.2, 0) is 22.5 Å². The zero-order chi connectivity index (χ0) is 20.1. The molecule has 0 saturated carbocycles. The van der Waals surface area contributed by atoms with E-state index in [0.717, 1.165) is 0 Å². The number of pyridine rings is 1. The molecule has 1 amide bonds. The van der Waals surface area contributed by atoms with Crippen molar-refractivity contribution in [3.05, 3.63) is 62.8 Å². The molecule has 0 radical (unpaired) electrons. The van der Waals surface area contributed by atoms with E-state index in [0.29, 0.717) is 40.1 Å². The number of amides is 1. The number of halogens is 2. The van der Waals surface area contributed by atoms with Crippen molar-refractivity contribution in [3.63, 3.8) is 0 Å². The Kier molecular flexibility index (Phi) is 6.45. The molecule has 0 unspecified atom stereocenters. The van der Waals surface area contributed by atoms with E-state index in [4.69, 9.17) is 32.5 Å². The van der Waals surface area contributed by atoms with E-state index in [2.05, 4.69) is 15.5 Å². The molecule has 28 heavy (non-hydrogen) atoms. The van der Waals surface area contributed by atoms with Gasteiger partial charge >= 0.3 is 0 Å². The number of nitrogens with zero attached hydrogens (tertiary/aromatic N) is 3. The molecule has 10 heteroatoms. The van der Waals surface area contributed by atoms with Crippen LogP contribution in [0.4, 0.5) is 5.69 Å². The summed E-state index contributed by atoms with van der Waals surface area (Å²) in [6.45, 7) is 0.269. The van der Waals surface area contributed by atoms with Gasteiger partial charge in [-0.2, -0.15) is 4.98 Å². The second kappa shape index (κ2) is 9.01. The van der Waals surface area contributed by atoms with Crippen LogP contribution in [0.15, 0.2) is 45.8 Å². The Labute approximate surface area is 170 Å². The molecule has 146 valence electrons. The van der Waals surface area contributed by atoms with Crippen molar-refractivity contribution >= 4 is 34.8 Å². The van der Waals surface area contributed by atoms with Crippen molar-refractivity contribution < 1.29 is 14.1 Å². The second-order valence-corrected chi connectivity index (χ2v) is 6.63. The average molecular weight is 423 g/mol. The van der Waals surface area contributed by atoms with Crippen LogP contribution in [0.3, 0.4) is 0 Å². The lowest BCUT2D eigenvalue weighted by Gasteiger charge is -2.09. The minimum atomic E-state index is -0.399. The lowest BCUT2D eigenvalue weighted by molar-refractivity contribution is -0.116. The fraction of sp³-hybridized carbons (Fsp3) is 0.222. The topological polar surface area (TPSA) is 99.3 Å². The highest BCUT2D eigenvalue weighted by atomic mass is 35.5. The average Bonchev–Trinajstić information content (AvgIpc) is 3.14. The fourth-order valence-corrected chi connectivity index (χ4v) is 2.67. The molecule has 1 N–H and O–H groups in total. The molecule has 1 aromatic carbocycles. The van der Waals surface area contributed by atoms with Crippen LogP contribution in [0, 0.1) is 0 Å². The Hall–Kier alpha value is -2.68. The summed E-state index contributed by atoms with van der Waals surface area (Å²) < 4.78 is 11.4. The van der Waals surface area contributed by atoms with Crippen LogP contribution < -0.4 is 10.9 Å². The smallest absolute Gasteiger partial charge is 0.259 e. The van der Waals surface area contributed by atoms with Crippen LogP contribution in [0.1, 0.15) is 5.82 Å². The monoisotopic (exact) mass is 422 g/mol. The Balaban J connectivity index is 1.74. The van der Waals surface area contributed by atoms with E-state index in [-0.39, 0.29) is 18.0 Å². The van der Waals surface area contributed by atoms with Gasteiger partial charge in [-0.05, 0) is 24.3 Å². The molecule has 0 spiro atoms. The van der Waals surface area contributed by atoms with Crippen LogP contribution in [-0.4, -0.2) is 34.3 Å². The van der Waals surface area contributed by atoms with Crippen LogP contribution >= 0.6 is 23.2 Å². The van der Waals surface area contributed by atoms with Crippen molar-refractivity contribution in [1.82, 2.24) is 14.7 Å². The van der Waals surface area contributed by atoms with Gasteiger partial charge in [0, 0.05) is 31.5 Å². The number of methoxy groups -OCH3 is 1. The van der Waals surface area contributed by atoms with Gasteiger partial charge in [0.15, 0.2) is 5.82 Å². The third kappa shape index (κ3) is 4.98. The fourth-order valence-electron chi connectivity index (χ4n) is 2.38. The molecule has 2 heterocycles. The number of aromatic nitrogens is 3. The van der Waals surface area contributed by atoms with Gasteiger partial charge in [-0.15, -0.1) is 0 Å². The van der Waals surface area contributed by atoms with Gasteiger partial charge in [0.05, 0.1) is 22.2 Å². The summed E-state index contributed by atoms with van der Waals surface area (Å²) in [6.07, 6.45) is 2.00. The van der Waals surface area contributed by atoms with Crippen molar-refractivity contribution in [3.8, 4) is 11.5 Å². The summed E-state index contributed by atoms with van der Waals surface area (Å²) in [4.78, 5) is 28.6. The summed E-state index contributed by atoms with van der Waals surface area (Å²) in [5.41, 5.74) is 0.661. The van der Waals surface area contributed by atoms with Crippen molar-refractivity contribution in [2.45, 2.75) is 13.0 Å². The lowest BCUT2D eigenvalue weighted by Crippen LogP contribution is -2.26. The van der Waals surface area contributed by atoms with E-state index in [9.17, 15) is 9.59 Å². The van der Waals surface area contributed by atoms with E-state index in [1.165, 1.54) is 22.9 Å². The highest BCUT2D eigenvalue weighted by molar-refractivity contribution is 6.42. The zero-order valence-corrected chi connectivity index (χ0v) is 16.3.